The molecule has 1 aliphatic carbocycles. The lowest BCUT2D eigenvalue weighted by Crippen LogP contribution is -2.52. The van der Waals surface area contributed by atoms with Gasteiger partial charge in [-0.25, -0.2) is 0 Å². The number of rotatable bonds is 5. The number of carbonyl (C=O) groups excluding carboxylic acids is 2. The first-order valence-corrected chi connectivity index (χ1v) is 10.4. The number of ether oxygens (including phenoxy) is 2. The van der Waals surface area contributed by atoms with Gasteiger partial charge in [0.25, 0.3) is 5.91 Å². The largest absolute Gasteiger partial charge is 0.486 e. The zero-order valence-electron chi connectivity index (χ0n) is 17.0. The lowest BCUT2D eigenvalue weighted by Gasteiger charge is -2.30. The zero-order valence-corrected chi connectivity index (χ0v) is 17.0. The quantitative estimate of drug-likeness (QED) is 0.771. The van der Waals surface area contributed by atoms with E-state index in [1.165, 1.54) is 0 Å². The highest BCUT2D eigenvalue weighted by atomic mass is 16.6. The molecular formula is C24H27NO4. The van der Waals surface area contributed by atoms with Crippen molar-refractivity contribution in [3.05, 3.63) is 58.7 Å². The van der Waals surface area contributed by atoms with Gasteiger partial charge in [-0.1, -0.05) is 43.5 Å². The van der Waals surface area contributed by atoms with E-state index in [0.717, 1.165) is 24.0 Å². The fourth-order valence-electron chi connectivity index (χ4n) is 4.47. The fourth-order valence-corrected chi connectivity index (χ4v) is 4.47. The van der Waals surface area contributed by atoms with Crippen LogP contribution >= 0.6 is 0 Å². The third-order valence-electron chi connectivity index (χ3n) is 5.93. The number of amides is 1. The van der Waals surface area contributed by atoms with Gasteiger partial charge in [-0.3, -0.25) is 9.59 Å². The molecule has 1 heterocycles. The van der Waals surface area contributed by atoms with Crippen molar-refractivity contribution in [3.63, 3.8) is 0 Å². The molecule has 4 rings (SSSR count). The van der Waals surface area contributed by atoms with Crippen molar-refractivity contribution in [2.75, 3.05) is 13.2 Å². The molecule has 1 fully saturated rings. The van der Waals surface area contributed by atoms with Gasteiger partial charge in [-0.15, -0.1) is 0 Å². The summed E-state index contributed by atoms with van der Waals surface area (Å²) >= 11 is 0. The van der Waals surface area contributed by atoms with E-state index in [0.29, 0.717) is 55.1 Å². The third kappa shape index (κ3) is 3.61. The number of carbonyl (C=O) groups is 2. The molecule has 0 bridgehead atoms. The molecule has 1 aliphatic heterocycles. The predicted octanol–water partition coefficient (Wildman–Crippen LogP) is 4.25. The second-order valence-electron chi connectivity index (χ2n) is 7.91. The number of nitrogens with one attached hydrogen (secondary N) is 1. The summed E-state index contributed by atoms with van der Waals surface area (Å²) in [4.78, 5) is 26.7. The van der Waals surface area contributed by atoms with Crippen molar-refractivity contribution >= 4 is 11.7 Å². The van der Waals surface area contributed by atoms with Crippen LogP contribution in [-0.2, 0) is 6.42 Å². The lowest BCUT2D eigenvalue weighted by molar-refractivity contribution is 0.0769. The van der Waals surface area contributed by atoms with Crippen LogP contribution in [0.3, 0.4) is 0 Å². The van der Waals surface area contributed by atoms with Gasteiger partial charge < -0.3 is 14.8 Å². The average molecular weight is 393 g/mol. The normalized spacial score (nSPS) is 17.0. The molecule has 0 unspecified atom stereocenters. The Bertz CT molecular complexity index is 944. The molecule has 2 aromatic rings. The number of hydrogen-bond donors (Lipinski definition) is 1. The van der Waals surface area contributed by atoms with Crippen LogP contribution in [0.25, 0.3) is 0 Å². The molecule has 152 valence electrons. The van der Waals surface area contributed by atoms with Crippen LogP contribution in [0.2, 0.25) is 0 Å². The van der Waals surface area contributed by atoms with Crippen LogP contribution in [-0.4, -0.2) is 30.4 Å². The minimum atomic E-state index is -0.844. The predicted molar refractivity (Wildman–Crippen MR) is 111 cm³/mol. The van der Waals surface area contributed by atoms with Crippen LogP contribution in [0.1, 0.15) is 64.4 Å². The summed E-state index contributed by atoms with van der Waals surface area (Å²) in [5, 5.41) is 3.12. The van der Waals surface area contributed by atoms with E-state index in [1.54, 1.807) is 12.1 Å². The maximum atomic E-state index is 13.4. The third-order valence-corrected chi connectivity index (χ3v) is 5.93. The van der Waals surface area contributed by atoms with Crippen molar-refractivity contribution < 1.29 is 19.1 Å². The maximum Gasteiger partial charge on any atom is 0.252 e. The summed E-state index contributed by atoms with van der Waals surface area (Å²) in [6, 6.07) is 11.2. The van der Waals surface area contributed by atoms with E-state index >= 15 is 0 Å². The van der Waals surface area contributed by atoms with Crippen LogP contribution in [0.5, 0.6) is 11.5 Å². The monoisotopic (exact) mass is 393 g/mol. The minimum absolute atomic E-state index is 0.00245. The van der Waals surface area contributed by atoms with Crippen LogP contribution in [0, 0.1) is 6.92 Å². The summed E-state index contributed by atoms with van der Waals surface area (Å²) in [6.07, 6.45) is 3.84. The molecule has 0 radical (unpaired) electrons. The Hall–Kier alpha value is -2.82. The van der Waals surface area contributed by atoms with Crippen LogP contribution < -0.4 is 14.8 Å². The number of benzene rings is 2. The Kier molecular flexibility index (Phi) is 5.31. The number of ketones is 1. The highest BCUT2D eigenvalue weighted by Crippen LogP contribution is 2.38. The minimum Gasteiger partial charge on any atom is -0.486 e. The smallest absolute Gasteiger partial charge is 0.252 e. The molecule has 0 aromatic heterocycles. The molecule has 2 aromatic carbocycles. The Morgan fingerprint density at radius 3 is 2.55 bits per heavy atom. The average Bonchev–Trinajstić information content (AvgIpc) is 3.21. The van der Waals surface area contributed by atoms with Gasteiger partial charge in [0.1, 0.15) is 18.8 Å². The first kappa shape index (κ1) is 19.5. The van der Waals surface area contributed by atoms with Crippen molar-refractivity contribution in [2.24, 2.45) is 0 Å². The summed E-state index contributed by atoms with van der Waals surface area (Å²) in [6.45, 7) is 4.95. The maximum absolute atomic E-state index is 13.4. The van der Waals surface area contributed by atoms with Crippen LogP contribution in [0.15, 0.2) is 36.4 Å². The van der Waals surface area contributed by atoms with Gasteiger partial charge in [0.2, 0.25) is 0 Å². The SMILES string of the molecule is CCc1c(C(=O)NC2(C(=O)c3cccc(C)c3)CCCC2)ccc2c1OCCO2. The van der Waals surface area contributed by atoms with Gasteiger partial charge >= 0.3 is 0 Å². The van der Waals surface area contributed by atoms with Gasteiger partial charge in [0.15, 0.2) is 17.3 Å². The summed E-state index contributed by atoms with van der Waals surface area (Å²) in [5.41, 5.74) is 2.24. The Labute approximate surface area is 171 Å². The molecule has 1 amide bonds. The Morgan fingerprint density at radius 2 is 1.83 bits per heavy atom. The van der Waals surface area contributed by atoms with Crippen molar-refractivity contribution in [1.82, 2.24) is 5.32 Å². The number of fused-ring (bicyclic) bond motifs is 1. The van der Waals surface area contributed by atoms with Crippen molar-refractivity contribution in [1.29, 1.82) is 0 Å². The standard InChI is InChI=1S/C24H27NO4/c1-3-18-19(9-10-20-21(18)29-14-13-28-20)23(27)25-24(11-4-5-12-24)22(26)17-8-6-7-16(2)15-17/h6-10,15H,3-5,11-14H2,1-2H3,(H,25,27). The molecular weight excluding hydrogens is 366 g/mol. The van der Waals surface area contributed by atoms with Gasteiger partial charge in [0, 0.05) is 16.7 Å². The van der Waals surface area contributed by atoms with E-state index in [2.05, 4.69) is 5.32 Å². The second-order valence-corrected chi connectivity index (χ2v) is 7.91. The van der Waals surface area contributed by atoms with Gasteiger partial charge in [0.05, 0.1) is 0 Å². The molecule has 5 heteroatoms. The summed E-state index contributed by atoms with van der Waals surface area (Å²) in [7, 11) is 0. The number of hydrogen-bond acceptors (Lipinski definition) is 4. The van der Waals surface area contributed by atoms with Crippen molar-refractivity contribution in [3.8, 4) is 11.5 Å². The number of aryl methyl sites for hydroxylation is 1. The zero-order chi connectivity index (χ0) is 20.4. The molecule has 2 aliphatic rings. The van der Waals surface area contributed by atoms with Crippen molar-refractivity contribution in [2.45, 2.75) is 51.5 Å². The molecule has 5 nitrogen and oxygen atoms in total. The topological polar surface area (TPSA) is 64.6 Å². The highest BCUT2D eigenvalue weighted by molar-refractivity contribution is 6.08. The van der Waals surface area contributed by atoms with Crippen LogP contribution in [0.4, 0.5) is 0 Å². The Morgan fingerprint density at radius 1 is 1.07 bits per heavy atom. The van der Waals surface area contributed by atoms with E-state index < -0.39 is 5.54 Å². The lowest BCUT2D eigenvalue weighted by atomic mass is 9.86. The van der Waals surface area contributed by atoms with E-state index in [4.69, 9.17) is 9.47 Å². The van der Waals surface area contributed by atoms with E-state index in [9.17, 15) is 9.59 Å². The first-order chi connectivity index (χ1) is 14.0. The molecule has 0 spiro atoms. The van der Waals surface area contributed by atoms with Gasteiger partial charge in [-0.2, -0.15) is 0 Å². The summed E-state index contributed by atoms with van der Waals surface area (Å²) in [5.74, 6) is 1.11. The molecule has 1 saturated carbocycles. The highest BCUT2D eigenvalue weighted by Gasteiger charge is 2.43. The summed E-state index contributed by atoms with van der Waals surface area (Å²) < 4.78 is 11.4. The molecule has 0 saturated heterocycles. The number of Topliss-reactive ketones (excluding diaryl/α,β-unsaturated/α-hetero) is 1. The molecule has 29 heavy (non-hydrogen) atoms. The van der Waals surface area contributed by atoms with Gasteiger partial charge in [-0.05, 0) is 44.4 Å². The first-order valence-electron chi connectivity index (χ1n) is 10.4. The second kappa shape index (κ2) is 7.90. The Balaban J connectivity index is 1.66. The molecule has 1 N–H and O–H groups in total. The molecule has 0 atom stereocenters. The van der Waals surface area contributed by atoms with E-state index in [-0.39, 0.29) is 11.7 Å². The fraction of sp³-hybridized carbons (Fsp3) is 0.417. The van der Waals surface area contributed by atoms with E-state index in [1.807, 2.05) is 38.1 Å².